The monoisotopic (exact) mass is 254 g/mol. The van der Waals surface area contributed by atoms with Gasteiger partial charge < -0.3 is 15.8 Å². The number of nitrogens with two attached hydrogens (primary N) is 1. The smallest absolute Gasteiger partial charge is 0.127 e. The van der Waals surface area contributed by atoms with Crippen LogP contribution in [-0.4, -0.2) is 18.1 Å². The van der Waals surface area contributed by atoms with Crippen LogP contribution in [0.3, 0.4) is 0 Å². The number of hydrogen-bond donors (Lipinski definition) is 2. The van der Waals surface area contributed by atoms with Crippen molar-refractivity contribution in [3.63, 3.8) is 0 Å². The van der Waals surface area contributed by atoms with Crippen molar-refractivity contribution >= 4 is 11.5 Å². The Morgan fingerprint density at radius 3 is 2.79 bits per heavy atom. The lowest BCUT2D eigenvalue weighted by molar-refractivity contribution is 0.333. The Kier molecular flexibility index (Phi) is 4.19. The normalized spacial score (nSPS) is 9.63. The first kappa shape index (κ1) is 12.7. The number of nitrogen functional groups attached to an aromatic ring is 1. The number of anilines is 2. The lowest BCUT2D eigenvalue weighted by Crippen LogP contribution is -2.12. The van der Waals surface area contributed by atoms with Gasteiger partial charge in [0.05, 0.1) is 18.2 Å². The van der Waals surface area contributed by atoms with Crippen LogP contribution < -0.4 is 15.8 Å². The lowest BCUT2D eigenvalue weighted by Gasteiger charge is -2.08. The van der Waals surface area contributed by atoms with Crippen molar-refractivity contribution in [3.05, 3.63) is 48.2 Å². The third kappa shape index (κ3) is 3.89. The molecule has 0 aliphatic rings. The van der Waals surface area contributed by atoms with E-state index in [0.29, 0.717) is 30.2 Å². The molecule has 96 valence electrons. The second-order valence-electron chi connectivity index (χ2n) is 3.89. The molecule has 0 atom stereocenters. The Balaban J connectivity index is 1.77. The number of ether oxygens (including phenoxy) is 1. The molecule has 5 heteroatoms. The minimum atomic E-state index is 0.502. The molecule has 1 aromatic heterocycles. The largest absolute Gasteiger partial charge is 0.492 e. The molecule has 1 heterocycles. The molecule has 2 rings (SSSR count). The van der Waals surface area contributed by atoms with Crippen LogP contribution in [0.1, 0.15) is 5.56 Å². The van der Waals surface area contributed by atoms with Gasteiger partial charge in [0.1, 0.15) is 18.2 Å². The zero-order valence-corrected chi connectivity index (χ0v) is 10.3. The zero-order valence-electron chi connectivity index (χ0n) is 10.3. The van der Waals surface area contributed by atoms with E-state index in [9.17, 15) is 0 Å². The van der Waals surface area contributed by atoms with Gasteiger partial charge in [0.15, 0.2) is 0 Å². The van der Waals surface area contributed by atoms with Crippen molar-refractivity contribution in [2.45, 2.75) is 0 Å². The summed E-state index contributed by atoms with van der Waals surface area (Å²) in [5.74, 6) is 1.44. The molecule has 0 unspecified atom stereocenters. The summed E-state index contributed by atoms with van der Waals surface area (Å²) < 4.78 is 5.53. The average molecular weight is 254 g/mol. The van der Waals surface area contributed by atoms with Crippen molar-refractivity contribution in [2.75, 3.05) is 24.2 Å². The maximum atomic E-state index is 8.76. The number of hydrogen-bond acceptors (Lipinski definition) is 5. The van der Waals surface area contributed by atoms with Crippen LogP contribution in [0.2, 0.25) is 0 Å². The molecular formula is C14H14N4O. The second kappa shape index (κ2) is 6.26. The summed E-state index contributed by atoms with van der Waals surface area (Å²) in [6, 6.07) is 12.7. The maximum Gasteiger partial charge on any atom is 0.127 e. The predicted molar refractivity (Wildman–Crippen MR) is 73.8 cm³/mol. The molecule has 2 aromatic rings. The number of aromatic nitrogens is 1. The van der Waals surface area contributed by atoms with E-state index in [2.05, 4.69) is 16.4 Å². The van der Waals surface area contributed by atoms with Crippen molar-refractivity contribution in [1.29, 1.82) is 5.26 Å². The van der Waals surface area contributed by atoms with E-state index in [1.54, 1.807) is 30.5 Å². The van der Waals surface area contributed by atoms with Crippen LogP contribution in [0, 0.1) is 11.3 Å². The Morgan fingerprint density at radius 2 is 2.05 bits per heavy atom. The maximum absolute atomic E-state index is 8.76. The number of nitrogens with zero attached hydrogens (tertiary/aromatic N) is 2. The van der Waals surface area contributed by atoms with Gasteiger partial charge in [-0.25, -0.2) is 4.98 Å². The highest BCUT2D eigenvalue weighted by Crippen LogP contribution is 2.12. The average Bonchev–Trinajstić information content (AvgIpc) is 2.46. The van der Waals surface area contributed by atoms with Crippen molar-refractivity contribution in [2.24, 2.45) is 0 Å². The predicted octanol–water partition coefficient (Wildman–Crippen LogP) is 2.03. The summed E-state index contributed by atoms with van der Waals surface area (Å²) in [6.45, 7) is 1.11. The van der Waals surface area contributed by atoms with Gasteiger partial charge in [-0.2, -0.15) is 5.26 Å². The summed E-state index contributed by atoms with van der Waals surface area (Å²) in [5.41, 5.74) is 6.87. The van der Waals surface area contributed by atoms with Gasteiger partial charge in [-0.1, -0.05) is 0 Å². The van der Waals surface area contributed by atoms with E-state index in [1.165, 1.54) is 0 Å². The molecule has 0 fully saturated rings. The van der Waals surface area contributed by atoms with E-state index >= 15 is 0 Å². The third-order valence-electron chi connectivity index (χ3n) is 2.45. The second-order valence-corrected chi connectivity index (χ2v) is 3.89. The van der Waals surface area contributed by atoms with Crippen molar-refractivity contribution in [3.8, 4) is 11.8 Å². The molecule has 0 saturated heterocycles. The summed E-state index contributed by atoms with van der Waals surface area (Å²) >= 11 is 0. The Bertz CT molecular complexity index is 575. The van der Waals surface area contributed by atoms with Crippen molar-refractivity contribution < 1.29 is 4.74 Å². The van der Waals surface area contributed by atoms with E-state index in [1.807, 2.05) is 12.1 Å². The van der Waals surface area contributed by atoms with Crippen LogP contribution in [0.15, 0.2) is 42.6 Å². The summed E-state index contributed by atoms with van der Waals surface area (Å²) in [5, 5.41) is 11.9. The molecule has 0 aliphatic heterocycles. The third-order valence-corrected chi connectivity index (χ3v) is 2.45. The minimum absolute atomic E-state index is 0.502. The van der Waals surface area contributed by atoms with E-state index < -0.39 is 0 Å². The number of benzene rings is 1. The first-order valence-electron chi connectivity index (χ1n) is 5.86. The molecule has 1 aromatic carbocycles. The Morgan fingerprint density at radius 1 is 1.26 bits per heavy atom. The summed E-state index contributed by atoms with van der Waals surface area (Å²) in [4.78, 5) is 4.11. The number of nitrogens with one attached hydrogen (secondary N) is 1. The molecule has 19 heavy (non-hydrogen) atoms. The van der Waals surface area contributed by atoms with E-state index in [4.69, 9.17) is 15.7 Å². The molecule has 3 N–H and O–H groups in total. The summed E-state index contributed by atoms with van der Waals surface area (Å²) in [6.07, 6.45) is 1.60. The van der Waals surface area contributed by atoms with Crippen LogP contribution >= 0.6 is 0 Å². The topological polar surface area (TPSA) is 84.0 Å². The first-order valence-corrected chi connectivity index (χ1v) is 5.86. The van der Waals surface area contributed by atoms with Gasteiger partial charge in [-0.05, 0) is 36.4 Å². The molecular weight excluding hydrogens is 240 g/mol. The van der Waals surface area contributed by atoms with E-state index in [-0.39, 0.29) is 0 Å². The molecule has 5 nitrogen and oxygen atoms in total. The van der Waals surface area contributed by atoms with Crippen LogP contribution in [0.25, 0.3) is 0 Å². The van der Waals surface area contributed by atoms with Gasteiger partial charge in [0.25, 0.3) is 0 Å². The minimum Gasteiger partial charge on any atom is -0.492 e. The quantitative estimate of drug-likeness (QED) is 0.630. The number of rotatable bonds is 5. The number of nitriles is 1. The zero-order chi connectivity index (χ0) is 13.5. The van der Waals surface area contributed by atoms with Crippen LogP contribution in [0.5, 0.6) is 5.75 Å². The van der Waals surface area contributed by atoms with Crippen LogP contribution in [-0.2, 0) is 0 Å². The Hall–Kier alpha value is -2.74. The highest BCUT2D eigenvalue weighted by molar-refractivity contribution is 5.43. The first-order chi connectivity index (χ1) is 9.28. The molecule has 0 spiro atoms. The molecule has 0 saturated carbocycles. The Labute approximate surface area is 111 Å². The molecule has 0 radical (unpaired) electrons. The number of pyridine rings is 1. The van der Waals surface area contributed by atoms with Gasteiger partial charge >= 0.3 is 0 Å². The van der Waals surface area contributed by atoms with Gasteiger partial charge in [0, 0.05) is 11.9 Å². The molecule has 0 aliphatic carbocycles. The highest BCUT2D eigenvalue weighted by atomic mass is 16.5. The fourth-order valence-corrected chi connectivity index (χ4v) is 1.51. The van der Waals surface area contributed by atoms with Gasteiger partial charge in [0.2, 0.25) is 0 Å². The van der Waals surface area contributed by atoms with Gasteiger partial charge in [-0.3, -0.25) is 0 Å². The highest BCUT2D eigenvalue weighted by Gasteiger charge is 1.97. The summed E-state index contributed by atoms with van der Waals surface area (Å²) in [7, 11) is 0. The molecule has 0 bridgehead atoms. The van der Waals surface area contributed by atoms with Crippen molar-refractivity contribution in [1.82, 2.24) is 4.98 Å². The van der Waals surface area contributed by atoms with Crippen LogP contribution in [0.4, 0.5) is 11.5 Å². The fraction of sp³-hybridized carbons (Fsp3) is 0.143. The lowest BCUT2D eigenvalue weighted by atomic mass is 10.3. The standard InChI is InChI=1S/C14H14N4O/c15-10-11-5-6-17-14(9-11)18-7-8-19-13-3-1-12(16)2-4-13/h1-6,9H,7-8,16H2,(H,17,18). The van der Waals surface area contributed by atoms with E-state index in [0.717, 1.165) is 5.75 Å². The molecule has 0 amide bonds. The van der Waals surface area contributed by atoms with Gasteiger partial charge in [-0.15, -0.1) is 0 Å². The fourth-order valence-electron chi connectivity index (χ4n) is 1.51. The SMILES string of the molecule is N#Cc1ccnc(NCCOc2ccc(N)cc2)c1.